The van der Waals surface area contributed by atoms with Crippen LogP contribution >= 0.6 is 0 Å². The van der Waals surface area contributed by atoms with Crippen molar-refractivity contribution in [1.82, 2.24) is 0 Å². The van der Waals surface area contributed by atoms with E-state index in [2.05, 4.69) is 4.74 Å². The largest absolute Gasteiger partial charge is 0.469 e. The van der Waals surface area contributed by atoms with Crippen molar-refractivity contribution < 1.29 is 22.7 Å². The summed E-state index contributed by atoms with van der Waals surface area (Å²) in [5.41, 5.74) is 1.78. The summed E-state index contributed by atoms with van der Waals surface area (Å²) in [6.45, 7) is 0. The Morgan fingerprint density at radius 2 is 1.32 bits per heavy atom. The molecule has 0 fully saturated rings. The first-order chi connectivity index (χ1) is 17.9. The third kappa shape index (κ3) is 4.01. The molecule has 0 aliphatic carbocycles. The molecular formula is C30H25NO5S. The SMILES string of the molecule is COC(=O)CCc1ccc(S(=O)(=O)N2C(=O)C(c3ccccc3)(c3ccccc3)c3ccccc32)cc1. The van der Waals surface area contributed by atoms with E-state index < -0.39 is 21.3 Å². The zero-order chi connectivity index (χ0) is 26.0. The molecule has 1 aliphatic heterocycles. The number of ether oxygens (including phenoxy) is 1. The van der Waals surface area contributed by atoms with E-state index in [1.54, 1.807) is 24.3 Å². The number of rotatable bonds is 7. The molecule has 4 aromatic carbocycles. The quantitative estimate of drug-likeness (QED) is 0.331. The maximum atomic E-state index is 14.5. The summed E-state index contributed by atoms with van der Waals surface area (Å²) in [4.78, 5) is 25.9. The van der Waals surface area contributed by atoms with Gasteiger partial charge in [-0.1, -0.05) is 91.0 Å². The van der Waals surface area contributed by atoms with Crippen LogP contribution in [-0.4, -0.2) is 27.4 Å². The van der Waals surface area contributed by atoms with Crippen molar-refractivity contribution in [2.75, 3.05) is 11.4 Å². The number of anilines is 1. The van der Waals surface area contributed by atoms with Gasteiger partial charge in [0, 0.05) is 12.0 Å². The Hall–Kier alpha value is -4.23. The maximum Gasteiger partial charge on any atom is 0.305 e. The number of nitrogens with zero attached hydrogens (tertiary/aromatic N) is 1. The van der Waals surface area contributed by atoms with Crippen LogP contribution in [0.15, 0.2) is 114 Å². The van der Waals surface area contributed by atoms with Gasteiger partial charge in [-0.15, -0.1) is 0 Å². The molecule has 0 N–H and O–H groups in total. The first-order valence-corrected chi connectivity index (χ1v) is 13.3. The number of sulfonamides is 1. The van der Waals surface area contributed by atoms with E-state index in [0.717, 1.165) is 9.87 Å². The van der Waals surface area contributed by atoms with E-state index in [1.807, 2.05) is 72.8 Å². The second-order valence-corrected chi connectivity index (χ2v) is 10.6. The highest BCUT2D eigenvalue weighted by Crippen LogP contribution is 2.51. The lowest BCUT2D eigenvalue weighted by molar-refractivity contribution is -0.140. The van der Waals surface area contributed by atoms with E-state index in [9.17, 15) is 18.0 Å². The molecule has 0 spiro atoms. The van der Waals surface area contributed by atoms with Gasteiger partial charge < -0.3 is 4.74 Å². The van der Waals surface area contributed by atoms with Gasteiger partial charge in [0.1, 0.15) is 5.41 Å². The molecule has 0 radical (unpaired) electrons. The molecule has 0 unspecified atom stereocenters. The molecule has 7 heteroatoms. The van der Waals surface area contributed by atoms with Crippen LogP contribution in [-0.2, 0) is 36.2 Å². The number of carbonyl (C=O) groups excluding carboxylic acids is 2. The second kappa shape index (κ2) is 9.67. The molecule has 0 atom stereocenters. The van der Waals surface area contributed by atoms with Crippen LogP contribution in [0.1, 0.15) is 28.7 Å². The predicted octanol–water partition coefficient (Wildman–Crippen LogP) is 4.86. The number of esters is 1. The summed E-state index contributed by atoms with van der Waals surface area (Å²) >= 11 is 0. The van der Waals surface area contributed by atoms with Crippen molar-refractivity contribution in [3.05, 3.63) is 131 Å². The first-order valence-electron chi connectivity index (χ1n) is 11.9. The fraction of sp³-hybridized carbons (Fsp3) is 0.133. The highest BCUT2D eigenvalue weighted by atomic mass is 32.2. The highest BCUT2D eigenvalue weighted by molar-refractivity contribution is 7.93. The summed E-state index contributed by atoms with van der Waals surface area (Å²) in [5.74, 6) is -0.894. The van der Waals surface area contributed by atoms with Crippen molar-refractivity contribution >= 4 is 27.6 Å². The van der Waals surface area contributed by atoms with Crippen LogP contribution in [0.2, 0.25) is 0 Å². The molecule has 37 heavy (non-hydrogen) atoms. The topological polar surface area (TPSA) is 80.8 Å². The van der Waals surface area contributed by atoms with E-state index in [4.69, 9.17) is 0 Å². The summed E-state index contributed by atoms with van der Waals surface area (Å²) in [5, 5.41) is 0. The van der Waals surface area contributed by atoms with Crippen LogP contribution in [0.5, 0.6) is 0 Å². The molecule has 4 aromatic rings. The van der Waals surface area contributed by atoms with Crippen molar-refractivity contribution in [1.29, 1.82) is 0 Å². The number of amides is 1. The fourth-order valence-corrected chi connectivity index (χ4v) is 6.43. The predicted molar refractivity (Wildman–Crippen MR) is 141 cm³/mol. The average molecular weight is 512 g/mol. The molecule has 0 saturated heterocycles. The molecule has 6 nitrogen and oxygen atoms in total. The van der Waals surface area contributed by atoms with Gasteiger partial charge in [0.25, 0.3) is 15.9 Å². The zero-order valence-corrected chi connectivity index (χ0v) is 21.0. The van der Waals surface area contributed by atoms with Crippen molar-refractivity contribution in [3.8, 4) is 0 Å². The van der Waals surface area contributed by atoms with Gasteiger partial charge in [-0.05, 0) is 41.3 Å². The normalized spacial score (nSPS) is 14.3. The summed E-state index contributed by atoms with van der Waals surface area (Å²) in [6, 6.07) is 31.8. The minimum Gasteiger partial charge on any atom is -0.469 e. The Kier molecular flexibility index (Phi) is 6.39. The smallest absolute Gasteiger partial charge is 0.305 e. The molecule has 1 heterocycles. The van der Waals surface area contributed by atoms with E-state index in [1.165, 1.54) is 19.2 Å². The number of carbonyl (C=O) groups is 2. The molecule has 5 rings (SSSR count). The molecule has 0 bridgehead atoms. The fourth-order valence-electron chi connectivity index (χ4n) is 4.97. The number of para-hydroxylation sites is 1. The lowest BCUT2D eigenvalue weighted by atomic mass is 9.70. The maximum absolute atomic E-state index is 14.5. The Labute approximate surface area is 216 Å². The van der Waals surface area contributed by atoms with Crippen LogP contribution in [0.4, 0.5) is 5.69 Å². The summed E-state index contributed by atoms with van der Waals surface area (Å²) in [6.07, 6.45) is 0.612. The van der Waals surface area contributed by atoms with Gasteiger partial charge in [0.2, 0.25) is 0 Å². The minimum atomic E-state index is -4.25. The minimum absolute atomic E-state index is 0.00519. The molecule has 186 valence electrons. The Morgan fingerprint density at radius 3 is 1.89 bits per heavy atom. The number of benzene rings is 4. The number of hydrogen-bond acceptors (Lipinski definition) is 5. The van der Waals surface area contributed by atoms with Crippen molar-refractivity contribution in [2.24, 2.45) is 0 Å². The Morgan fingerprint density at radius 1 is 0.784 bits per heavy atom. The van der Waals surface area contributed by atoms with E-state index in [-0.39, 0.29) is 17.3 Å². The number of fused-ring (bicyclic) bond motifs is 1. The molecule has 1 aliphatic rings. The molecule has 1 amide bonds. The van der Waals surface area contributed by atoms with Crippen LogP contribution in [0.3, 0.4) is 0 Å². The van der Waals surface area contributed by atoms with Gasteiger partial charge in [-0.25, -0.2) is 12.7 Å². The third-order valence-electron chi connectivity index (χ3n) is 6.75. The van der Waals surface area contributed by atoms with Gasteiger partial charge in [-0.2, -0.15) is 0 Å². The van der Waals surface area contributed by atoms with Crippen LogP contribution < -0.4 is 4.31 Å². The lowest BCUT2D eigenvalue weighted by Crippen LogP contribution is -2.44. The van der Waals surface area contributed by atoms with E-state index in [0.29, 0.717) is 28.8 Å². The van der Waals surface area contributed by atoms with Gasteiger partial charge in [0.05, 0.1) is 17.7 Å². The van der Waals surface area contributed by atoms with Gasteiger partial charge >= 0.3 is 5.97 Å². The Bertz CT molecular complexity index is 1510. The summed E-state index contributed by atoms with van der Waals surface area (Å²) in [7, 11) is -2.92. The second-order valence-electron chi connectivity index (χ2n) is 8.79. The van der Waals surface area contributed by atoms with E-state index >= 15 is 0 Å². The average Bonchev–Trinajstić information content (AvgIpc) is 3.22. The number of methoxy groups -OCH3 is 1. The third-order valence-corrected chi connectivity index (χ3v) is 8.46. The molecule has 0 aromatic heterocycles. The lowest BCUT2D eigenvalue weighted by Gasteiger charge is -2.30. The Balaban J connectivity index is 1.64. The van der Waals surface area contributed by atoms with Crippen LogP contribution in [0, 0.1) is 0 Å². The highest BCUT2D eigenvalue weighted by Gasteiger charge is 2.56. The zero-order valence-electron chi connectivity index (χ0n) is 20.2. The van der Waals surface area contributed by atoms with Gasteiger partial charge in [-0.3, -0.25) is 9.59 Å². The van der Waals surface area contributed by atoms with Gasteiger partial charge in [0.15, 0.2) is 0 Å². The van der Waals surface area contributed by atoms with Crippen molar-refractivity contribution in [2.45, 2.75) is 23.2 Å². The number of hydrogen-bond donors (Lipinski definition) is 0. The monoisotopic (exact) mass is 511 g/mol. The summed E-state index contributed by atoms with van der Waals surface area (Å²) < 4.78 is 33.6. The number of aryl methyl sites for hydroxylation is 1. The first kappa shape index (κ1) is 24.5. The molecule has 0 saturated carbocycles. The standard InChI is InChI=1S/C30H25NO5S/c1-36-28(32)21-18-22-16-19-25(20-17-22)37(34,35)31-27-15-9-8-14-26(27)30(29(31)33,23-10-4-2-5-11-23)24-12-6-3-7-13-24/h2-17,19-20H,18,21H2,1H3. The molecular weight excluding hydrogens is 486 g/mol. The van der Waals surface area contributed by atoms with Crippen LogP contribution in [0.25, 0.3) is 0 Å². The van der Waals surface area contributed by atoms with Crippen molar-refractivity contribution in [3.63, 3.8) is 0 Å².